The fraction of sp³-hybridized carbons (Fsp3) is 0.500. The Kier molecular flexibility index (Phi) is 4.30. The summed E-state index contributed by atoms with van der Waals surface area (Å²) in [6.45, 7) is 5.77. The molecule has 2 heterocycles. The maximum Gasteiger partial charge on any atom is 0.410 e. The van der Waals surface area contributed by atoms with Crippen LogP contribution in [0.3, 0.4) is 0 Å². The lowest BCUT2D eigenvalue weighted by atomic mass is 10.1. The molecule has 1 saturated heterocycles. The van der Waals surface area contributed by atoms with E-state index in [1.165, 1.54) is 4.90 Å². The van der Waals surface area contributed by atoms with Gasteiger partial charge in [0.05, 0.1) is 17.8 Å². The van der Waals surface area contributed by atoms with E-state index in [1.807, 2.05) is 0 Å². The van der Waals surface area contributed by atoms with E-state index in [-0.39, 0.29) is 19.1 Å². The Hall–Kier alpha value is -2.25. The number of carbonyl (C=O) groups excluding carboxylic acids is 2. The number of pyridine rings is 1. The van der Waals surface area contributed by atoms with E-state index in [0.717, 1.165) is 6.07 Å². The number of hydrogen-bond acceptors (Lipinski definition) is 4. The molecule has 1 aromatic rings. The SMILES string of the molecule is CC(C)(C)OC(=O)N1CC(NC(=O)c2cc(F)cnc2F)C1. The molecule has 120 valence electrons. The predicted octanol–water partition coefficient (Wildman–Crippen LogP) is 1.71. The first-order valence-corrected chi connectivity index (χ1v) is 6.75. The molecule has 8 heteroatoms. The molecule has 1 aliphatic heterocycles. The van der Waals surface area contributed by atoms with Gasteiger partial charge in [0.2, 0.25) is 5.95 Å². The number of hydrogen-bond donors (Lipinski definition) is 1. The van der Waals surface area contributed by atoms with E-state index in [9.17, 15) is 18.4 Å². The van der Waals surface area contributed by atoms with Crippen molar-refractivity contribution in [3.63, 3.8) is 0 Å². The average Bonchev–Trinajstić information content (AvgIpc) is 2.33. The van der Waals surface area contributed by atoms with Gasteiger partial charge in [0.1, 0.15) is 11.4 Å². The fourth-order valence-corrected chi connectivity index (χ4v) is 1.89. The second-order valence-corrected chi connectivity index (χ2v) is 6.05. The Bertz CT molecular complexity index is 595. The molecule has 6 nitrogen and oxygen atoms in total. The maximum atomic E-state index is 13.4. The molecule has 0 spiro atoms. The van der Waals surface area contributed by atoms with Gasteiger partial charge in [0.15, 0.2) is 0 Å². The molecule has 1 fully saturated rings. The number of likely N-dealkylation sites (tertiary alicyclic amines) is 1. The van der Waals surface area contributed by atoms with E-state index in [1.54, 1.807) is 20.8 Å². The highest BCUT2D eigenvalue weighted by Gasteiger charge is 2.35. The lowest BCUT2D eigenvalue weighted by Gasteiger charge is -2.39. The van der Waals surface area contributed by atoms with Crippen LogP contribution in [0, 0.1) is 11.8 Å². The molecule has 0 aliphatic carbocycles. The number of amides is 2. The van der Waals surface area contributed by atoms with E-state index in [2.05, 4.69) is 10.3 Å². The smallest absolute Gasteiger partial charge is 0.410 e. The van der Waals surface area contributed by atoms with Gasteiger partial charge in [0, 0.05) is 13.1 Å². The Balaban J connectivity index is 1.86. The van der Waals surface area contributed by atoms with Crippen LogP contribution in [0.15, 0.2) is 12.3 Å². The standard InChI is InChI=1S/C14H17F2N3O3/c1-14(2,3)22-13(21)19-6-9(7-19)18-12(20)10-4-8(15)5-17-11(10)16/h4-5,9H,6-7H2,1-3H3,(H,18,20). The van der Waals surface area contributed by atoms with Crippen LogP contribution in [0.25, 0.3) is 0 Å². The van der Waals surface area contributed by atoms with Gasteiger partial charge in [-0.05, 0) is 26.8 Å². The maximum absolute atomic E-state index is 13.4. The van der Waals surface area contributed by atoms with Crippen molar-refractivity contribution >= 4 is 12.0 Å². The third-order valence-corrected chi connectivity index (χ3v) is 2.92. The van der Waals surface area contributed by atoms with Gasteiger partial charge in [-0.15, -0.1) is 0 Å². The van der Waals surface area contributed by atoms with Crippen molar-refractivity contribution in [2.24, 2.45) is 0 Å². The summed E-state index contributed by atoms with van der Waals surface area (Å²) >= 11 is 0. The van der Waals surface area contributed by atoms with Crippen LogP contribution in [0.5, 0.6) is 0 Å². The van der Waals surface area contributed by atoms with Gasteiger partial charge in [0.25, 0.3) is 5.91 Å². The third kappa shape index (κ3) is 3.90. The molecular formula is C14H17F2N3O3. The van der Waals surface area contributed by atoms with E-state index < -0.39 is 34.9 Å². The minimum absolute atomic E-state index is 0.255. The summed E-state index contributed by atoms with van der Waals surface area (Å²) in [6, 6.07) is 0.449. The molecule has 0 radical (unpaired) electrons. The summed E-state index contributed by atoms with van der Waals surface area (Å²) in [5, 5.41) is 2.51. The summed E-state index contributed by atoms with van der Waals surface area (Å²) in [4.78, 5) is 28.1. The zero-order valence-corrected chi connectivity index (χ0v) is 12.5. The molecule has 2 rings (SSSR count). The van der Waals surface area contributed by atoms with Gasteiger partial charge in [-0.1, -0.05) is 0 Å². The van der Waals surface area contributed by atoms with Crippen LogP contribution in [-0.4, -0.2) is 46.6 Å². The first-order chi connectivity index (χ1) is 10.2. The molecule has 1 aromatic heterocycles. The highest BCUT2D eigenvalue weighted by Crippen LogP contribution is 2.16. The van der Waals surface area contributed by atoms with Crippen molar-refractivity contribution in [3.05, 3.63) is 29.6 Å². The first kappa shape index (κ1) is 16.1. The summed E-state index contributed by atoms with van der Waals surface area (Å²) in [5.41, 5.74) is -1.06. The number of nitrogens with one attached hydrogen (secondary N) is 1. The second-order valence-electron chi connectivity index (χ2n) is 6.05. The molecule has 22 heavy (non-hydrogen) atoms. The lowest BCUT2D eigenvalue weighted by Crippen LogP contribution is -2.61. The number of carbonyl (C=O) groups is 2. The van der Waals surface area contributed by atoms with Gasteiger partial charge in [-0.2, -0.15) is 4.39 Å². The Labute approximate surface area is 126 Å². The molecule has 1 aliphatic rings. The van der Waals surface area contributed by atoms with Crippen LogP contribution in [-0.2, 0) is 4.74 Å². The number of halogens is 2. The van der Waals surface area contributed by atoms with E-state index in [0.29, 0.717) is 6.20 Å². The Morgan fingerprint density at radius 1 is 1.36 bits per heavy atom. The molecule has 1 N–H and O–H groups in total. The molecule has 0 saturated carbocycles. The highest BCUT2D eigenvalue weighted by atomic mass is 19.1. The fourth-order valence-electron chi connectivity index (χ4n) is 1.89. The van der Waals surface area contributed by atoms with E-state index in [4.69, 9.17) is 4.74 Å². The van der Waals surface area contributed by atoms with Crippen LogP contribution in [0.2, 0.25) is 0 Å². The van der Waals surface area contributed by atoms with Crippen molar-refractivity contribution < 1.29 is 23.1 Å². The van der Waals surface area contributed by atoms with Gasteiger partial charge < -0.3 is 15.0 Å². The number of nitrogens with zero attached hydrogens (tertiary/aromatic N) is 2. The first-order valence-electron chi connectivity index (χ1n) is 6.75. The van der Waals surface area contributed by atoms with Crippen molar-refractivity contribution in [2.75, 3.05) is 13.1 Å². The molecular weight excluding hydrogens is 296 g/mol. The van der Waals surface area contributed by atoms with Gasteiger partial charge >= 0.3 is 6.09 Å². The zero-order valence-electron chi connectivity index (χ0n) is 12.5. The van der Waals surface area contributed by atoms with Crippen molar-refractivity contribution in [1.82, 2.24) is 15.2 Å². The van der Waals surface area contributed by atoms with Crippen molar-refractivity contribution in [3.8, 4) is 0 Å². The molecule has 0 aromatic carbocycles. The zero-order chi connectivity index (χ0) is 16.5. The number of rotatable bonds is 2. The highest BCUT2D eigenvalue weighted by molar-refractivity contribution is 5.94. The summed E-state index contributed by atoms with van der Waals surface area (Å²) in [7, 11) is 0. The Morgan fingerprint density at radius 2 is 2.00 bits per heavy atom. The minimum atomic E-state index is -1.04. The second kappa shape index (κ2) is 5.86. The van der Waals surface area contributed by atoms with E-state index >= 15 is 0 Å². The molecule has 0 atom stereocenters. The normalized spacial score (nSPS) is 15.2. The lowest BCUT2D eigenvalue weighted by molar-refractivity contribution is 0.00530. The quantitative estimate of drug-likeness (QED) is 0.844. The summed E-state index contributed by atoms with van der Waals surface area (Å²) in [5.74, 6) is -2.60. The average molecular weight is 313 g/mol. The predicted molar refractivity (Wildman–Crippen MR) is 73.2 cm³/mol. The number of ether oxygens (including phenoxy) is 1. The number of aromatic nitrogens is 1. The third-order valence-electron chi connectivity index (χ3n) is 2.92. The largest absolute Gasteiger partial charge is 0.444 e. The molecule has 0 bridgehead atoms. The van der Waals surface area contributed by atoms with Crippen molar-refractivity contribution in [1.29, 1.82) is 0 Å². The van der Waals surface area contributed by atoms with Crippen LogP contribution in [0.4, 0.5) is 13.6 Å². The van der Waals surface area contributed by atoms with Crippen LogP contribution < -0.4 is 5.32 Å². The molecule has 0 unspecified atom stereocenters. The van der Waals surface area contributed by atoms with Gasteiger partial charge in [-0.25, -0.2) is 14.2 Å². The van der Waals surface area contributed by atoms with Crippen LogP contribution >= 0.6 is 0 Å². The van der Waals surface area contributed by atoms with Crippen molar-refractivity contribution in [2.45, 2.75) is 32.4 Å². The topological polar surface area (TPSA) is 71.5 Å². The van der Waals surface area contributed by atoms with Crippen LogP contribution in [0.1, 0.15) is 31.1 Å². The van der Waals surface area contributed by atoms with Gasteiger partial charge in [-0.3, -0.25) is 4.79 Å². The summed E-state index contributed by atoms with van der Waals surface area (Å²) in [6.07, 6.45) is 0.219. The minimum Gasteiger partial charge on any atom is -0.444 e. The Morgan fingerprint density at radius 3 is 2.59 bits per heavy atom. The monoisotopic (exact) mass is 313 g/mol. The summed E-state index contributed by atoms with van der Waals surface area (Å²) < 4.78 is 31.5. The molecule has 2 amide bonds.